The summed E-state index contributed by atoms with van der Waals surface area (Å²) in [7, 11) is 0. The molecule has 2 aromatic heterocycles. The summed E-state index contributed by atoms with van der Waals surface area (Å²) in [5, 5.41) is 2.26. The molecule has 0 spiro atoms. The first-order valence-electron chi connectivity index (χ1n) is 16.9. The van der Waals surface area contributed by atoms with Gasteiger partial charge in [-0.2, -0.15) is 6.07 Å². The molecule has 0 N–H and O–H groups in total. The third kappa shape index (κ3) is 5.45. The van der Waals surface area contributed by atoms with Gasteiger partial charge in [-0.25, -0.2) is 4.98 Å². The van der Waals surface area contributed by atoms with Crippen molar-refractivity contribution < 1.29 is 25.8 Å². The summed E-state index contributed by atoms with van der Waals surface area (Å²) in [6, 6.07) is 47.8. The second-order valence-electron chi connectivity index (χ2n) is 14.2. The number of fused-ring (bicyclic) bond motifs is 6. The third-order valence-corrected chi connectivity index (χ3v) is 9.87. The predicted molar refractivity (Wildman–Crippen MR) is 197 cm³/mol. The molecule has 0 unspecified atom stereocenters. The topological polar surface area (TPSA) is 42.6 Å². The first-order chi connectivity index (χ1) is 23.8. The van der Waals surface area contributed by atoms with Crippen LogP contribution in [0.4, 0.5) is 0 Å². The summed E-state index contributed by atoms with van der Waals surface area (Å²) in [6.07, 6.45) is 1.90. The fourth-order valence-electron chi connectivity index (χ4n) is 7.53. The van der Waals surface area contributed by atoms with Gasteiger partial charge in [0, 0.05) is 35.6 Å². The first-order valence-corrected chi connectivity index (χ1v) is 16.9. The quantitative estimate of drug-likeness (QED) is 0.162. The second-order valence-corrected chi connectivity index (χ2v) is 14.2. The molecule has 0 fully saturated rings. The predicted octanol–water partition coefficient (Wildman–Crippen LogP) is 10.2. The average molecular weight is 832 g/mol. The summed E-state index contributed by atoms with van der Waals surface area (Å²) in [6.45, 7) is 9.60. The largest absolute Gasteiger partial charge is 2.00 e. The van der Waals surface area contributed by atoms with E-state index in [1.165, 1.54) is 22.3 Å². The Morgan fingerprint density at radius 1 is 0.780 bits per heavy atom. The van der Waals surface area contributed by atoms with Crippen molar-refractivity contribution in [2.24, 2.45) is 4.99 Å². The van der Waals surface area contributed by atoms with Gasteiger partial charge in [0.05, 0.1) is 12.1 Å². The molecule has 5 aromatic carbocycles. The van der Waals surface area contributed by atoms with Crippen LogP contribution in [0, 0.1) is 19.1 Å². The summed E-state index contributed by atoms with van der Waals surface area (Å²) in [4.78, 5) is 12.6. The molecule has 7 aromatic rings. The van der Waals surface area contributed by atoms with Crippen LogP contribution in [-0.2, 0) is 33.0 Å². The summed E-state index contributed by atoms with van der Waals surface area (Å²) in [5.41, 5.74) is 9.17. The minimum Gasteiger partial charge on any atom is -0.503 e. The van der Waals surface area contributed by atoms with Crippen LogP contribution in [0.5, 0.6) is 11.5 Å². The van der Waals surface area contributed by atoms with E-state index >= 15 is 0 Å². The summed E-state index contributed by atoms with van der Waals surface area (Å²) < 4.78 is 8.79. The molecule has 2 aliphatic heterocycles. The molecule has 2 atom stereocenters. The van der Waals surface area contributed by atoms with E-state index in [0.29, 0.717) is 11.5 Å². The molecule has 9 rings (SSSR count). The van der Waals surface area contributed by atoms with Crippen LogP contribution in [0.3, 0.4) is 0 Å². The minimum atomic E-state index is -0.00422. The molecule has 6 heteroatoms. The molecular weight excluding hydrogens is 796 g/mol. The van der Waals surface area contributed by atoms with E-state index in [4.69, 9.17) is 14.7 Å². The monoisotopic (exact) mass is 831 g/mol. The van der Waals surface area contributed by atoms with Crippen molar-refractivity contribution in [3.05, 3.63) is 167 Å². The number of hydrogen-bond donors (Lipinski definition) is 0. The van der Waals surface area contributed by atoms with E-state index in [-0.39, 0.29) is 38.6 Å². The molecule has 4 heterocycles. The molecule has 5 nitrogen and oxygen atoms in total. The standard InChI is InChI=1S/C44H36N4O.Pt/c1-28-22-31(43-46-41(29-12-6-5-7-13-29)42-35-15-9-8-14-30(35)27-47(42)43)24-34(23-28)49-33-18-19-37-36-16-10-11-17-38(36)48(39(37)26-33)40-25-32(20-21-45-40)44(2,3)4;/h5-23,25,41-42H,27H2,1-4H3;/q-2;+2/t41-,42+;/m1./s1. The van der Waals surface area contributed by atoms with Crippen LogP contribution in [0.25, 0.3) is 27.6 Å². The Bertz CT molecular complexity index is 2420. The maximum absolute atomic E-state index is 6.60. The number of pyridine rings is 1. The third-order valence-electron chi connectivity index (χ3n) is 9.87. The second kappa shape index (κ2) is 12.4. The van der Waals surface area contributed by atoms with Gasteiger partial charge in [-0.15, -0.1) is 34.7 Å². The van der Waals surface area contributed by atoms with Gasteiger partial charge in [0.2, 0.25) is 0 Å². The van der Waals surface area contributed by atoms with Crippen molar-refractivity contribution in [3.8, 4) is 17.3 Å². The average Bonchev–Trinajstić information content (AvgIpc) is 3.77. The van der Waals surface area contributed by atoms with Crippen LogP contribution in [-0.4, -0.2) is 20.3 Å². The van der Waals surface area contributed by atoms with E-state index in [9.17, 15) is 0 Å². The number of para-hydroxylation sites is 1. The Hall–Kier alpha value is -4.99. The van der Waals surface area contributed by atoms with Gasteiger partial charge in [0.1, 0.15) is 5.82 Å². The number of aromatic nitrogens is 2. The number of nitrogens with zero attached hydrogens (tertiary/aromatic N) is 4. The SMILES string of the molecule is Cc1cc(Oc2[c-]c3c(cc2)c2ccccc2n3-c2cc(C(C)(C)C)ccn2)[c-]c(C2=N[C@H](c3ccccc3)[C@@H]3c4ccccc4CN23)c1.[Pt+2]. The Kier molecular flexibility index (Phi) is 8.00. The molecule has 248 valence electrons. The summed E-state index contributed by atoms with van der Waals surface area (Å²) >= 11 is 0. The Morgan fingerprint density at radius 3 is 2.40 bits per heavy atom. The fraction of sp³-hybridized carbons (Fsp3) is 0.182. The molecular formula is C44H36N4OPt. The number of ether oxygens (including phenoxy) is 1. The molecule has 0 saturated carbocycles. The van der Waals surface area contributed by atoms with Crippen molar-refractivity contribution >= 4 is 27.6 Å². The van der Waals surface area contributed by atoms with Gasteiger partial charge in [-0.05, 0) is 51.3 Å². The van der Waals surface area contributed by atoms with Crippen LogP contribution in [0.15, 0.2) is 126 Å². The van der Waals surface area contributed by atoms with Crippen LogP contribution in [0.1, 0.15) is 66.2 Å². The van der Waals surface area contributed by atoms with Gasteiger partial charge in [0.15, 0.2) is 0 Å². The number of hydrogen-bond acceptors (Lipinski definition) is 4. The Labute approximate surface area is 307 Å². The van der Waals surface area contributed by atoms with Crippen molar-refractivity contribution in [3.63, 3.8) is 0 Å². The maximum atomic E-state index is 6.60. The van der Waals surface area contributed by atoms with Crippen molar-refractivity contribution in [2.45, 2.75) is 51.7 Å². The van der Waals surface area contributed by atoms with Gasteiger partial charge in [-0.3, -0.25) is 0 Å². The number of aliphatic imine (C=N–C) groups is 1. The summed E-state index contributed by atoms with van der Waals surface area (Å²) in [5.74, 6) is 3.08. The van der Waals surface area contributed by atoms with Crippen LogP contribution >= 0.6 is 0 Å². The van der Waals surface area contributed by atoms with Crippen LogP contribution in [0.2, 0.25) is 0 Å². The van der Waals surface area contributed by atoms with E-state index in [2.05, 4.69) is 152 Å². The Morgan fingerprint density at radius 2 is 1.56 bits per heavy atom. The van der Waals surface area contributed by atoms with Crippen molar-refractivity contribution in [1.29, 1.82) is 0 Å². The molecule has 0 aliphatic carbocycles. The number of amidine groups is 1. The minimum absolute atomic E-state index is 0. The van der Waals surface area contributed by atoms with Gasteiger partial charge >= 0.3 is 21.1 Å². The number of benzene rings is 5. The molecule has 50 heavy (non-hydrogen) atoms. The van der Waals surface area contributed by atoms with Crippen molar-refractivity contribution in [1.82, 2.24) is 14.5 Å². The molecule has 0 radical (unpaired) electrons. The van der Waals surface area contributed by atoms with Crippen molar-refractivity contribution in [2.75, 3.05) is 0 Å². The van der Waals surface area contributed by atoms with E-state index in [1.807, 2.05) is 18.3 Å². The maximum Gasteiger partial charge on any atom is 2.00 e. The molecule has 0 saturated heterocycles. The number of aryl methyl sites for hydroxylation is 1. The first kappa shape index (κ1) is 32.2. The van der Waals surface area contributed by atoms with E-state index < -0.39 is 0 Å². The normalized spacial score (nSPS) is 16.6. The molecule has 0 bridgehead atoms. The van der Waals surface area contributed by atoms with Crippen LogP contribution < -0.4 is 4.74 Å². The van der Waals surface area contributed by atoms with E-state index in [1.54, 1.807) is 0 Å². The van der Waals surface area contributed by atoms with Gasteiger partial charge in [-0.1, -0.05) is 118 Å². The zero-order valence-electron chi connectivity index (χ0n) is 28.4. The Balaban J connectivity index is 0.00000361. The zero-order valence-corrected chi connectivity index (χ0v) is 30.7. The smallest absolute Gasteiger partial charge is 0.503 e. The number of rotatable bonds is 5. The molecule has 0 amide bonds. The molecule has 2 aliphatic rings. The zero-order chi connectivity index (χ0) is 33.3. The van der Waals surface area contributed by atoms with E-state index in [0.717, 1.165) is 51.1 Å². The fourth-order valence-corrected chi connectivity index (χ4v) is 7.53. The van der Waals surface area contributed by atoms with Gasteiger partial charge < -0.3 is 19.2 Å². The van der Waals surface area contributed by atoms with Gasteiger partial charge in [0.25, 0.3) is 0 Å².